The number of H-pyrrole nitrogens is 1. The van der Waals surface area contributed by atoms with Gasteiger partial charge in [-0.15, -0.1) is 0 Å². The topological polar surface area (TPSA) is 48.9 Å². The molecule has 88 valence electrons. The van der Waals surface area contributed by atoms with Gasteiger partial charge in [-0.3, -0.25) is 0 Å². The maximum Gasteiger partial charge on any atom is 0.131 e. The van der Waals surface area contributed by atoms with Crippen LogP contribution in [0.25, 0.3) is 23.2 Å². The number of hydrogen-bond donors (Lipinski definition) is 2. The van der Waals surface area contributed by atoms with Gasteiger partial charge in [-0.05, 0) is 35.9 Å². The highest BCUT2D eigenvalue weighted by Gasteiger charge is 1.97. The Balaban J connectivity index is 1.92. The molecule has 3 rings (SSSR count). The van der Waals surface area contributed by atoms with E-state index >= 15 is 0 Å². The van der Waals surface area contributed by atoms with Crippen molar-refractivity contribution in [3.8, 4) is 5.75 Å². The highest BCUT2D eigenvalue weighted by molar-refractivity contribution is 5.78. The van der Waals surface area contributed by atoms with Crippen LogP contribution in [0.3, 0.4) is 0 Å². The van der Waals surface area contributed by atoms with Gasteiger partial charge in [0, 0.05) is 0 Å². The third-order valence-corrected chi connectivity index (χ3v) is 2.71. The number of para-hydroxylation sites is 2. The van der Waals surface area contributed by atoms with Crippen molar-refractivity contribution >= 4 is 23.2 Å². The summed E-state index contributed by atoms with van der Waals surface area (Å²) in [6, 6.07) is 15.0. The van der Waals surface area contributed by atoms with Crippen LogP contribution in [0.5, 0.6) is 5.75 Å². The third kappa shape index (κ3) is 2.11. The van der Waals surface area contributed by atoms with Crippen LogP contribution >= 0.6 is 0 Å². The molecule has 0 fully saturated rings. The Morgan fingerprint density at radius 3 is 2.72 bits per heavy atom. The Hall–Kier alpha value is -2.55. The molecule has 0 radical (unpaired) electrons. The fraction of sp³-hybridized carbons (Fsp3) is 0. The monoisotopic (exact) mass is 236 g/mol. The highest BCUT2D eigenvalue weighted by Crippen LogP contribution is 2.15. The molecule has 0 unspecified atom stereocenters. The molecule has 0 saturated heterocycles. The average molecular weight is 236 g/mol. The number of phenols is 1. The fourth-order valence-corrected chi connectivity index (χ4v) is 1.86. The quantitative estimate of drug-likeness (QED) is 0.716. The maximum atomic E-state index is 9.37. The van der Waals surface area contributed by atoms with E-state index < -0.39 is 0 Å². The molecule has 3 aromatic rings. The lowest BCUT2D eigenvalue weighted by molar-refractivity contribution is 0.475. The van der Waals surface area contributed by atoms with Crippen molar-refractivity contribution in [3.63, 3.8) is 0 Å². The van der Waals surface area contributed by atoms with Gasteiger partial charge in [-0.2, -0.15) is 0 Å². The van der Waals surface area contributed by atoms with Gasteiger partial charge in [0.05, 0.1) is 11.0 Å². The molecule has 0 atom stereocenters. The number of nitrogens with zero attached hydrogens (tertiary/aromatic N) is 1. The zero-order chi connectivity index (χ0) is 12.4. The van der Waals surface area contributed by atoms with Gasteiger partial charge in [0.15, 0.2) is 0 Å². The molecule has 0 amide bonds. The highest BCUT2D eigenvalue weighted by atomic mass is 16.3. The number of aromatic amines is 1. The molecule has 2 N–H and O–H groups in total. The Bertz CT molecular complexity index is 680. The van der Waals surface area contributed by atoms with E-state index in [1.54, 1.807) is 12.1 Å². The number of hydrogen-bond acceptors (Lipinski definition) is 2. The molecule has 0 saturated carbocycles. The van der Waals surface area contributed by atoms with Gasteiger partial charge in [0.2, 0.25) is 0 Å². The van der Waals surface area contributed by atoms with Crippen molar-refractivity contribution in [2.45, 2.75) is 0 Å². The first kappa shape index (κ1) is 10.6. The van der Waals surface area contributed by atoms with E-state index in [9.17, 15) is 5.11 Å². The van der Waals surface area contributed by atoms with Crippen molar-refractivity contribution < 1.29 is 5.11 Å². The lowest BCUT2D eigenvalue weighted by Gasteiger charge is -1.93. The molecule has 0 aliphatic rings. The van der Waals surface area contributed by atoms with Crippen LogP contribution in [-0.2, 0) is 0 Å². The molecule has 2 aromatic carbocycles. The summed E-state index contributed by atoms with van der Waals surface area (Å²) in [6.07, 6.45) is 3.81. The first-order valence-corrected chi connectivity index (χ1v) is 5.73. The minimum Gasteiger partial charge on any atom is -0.508 e. The van der Waals surface area contributed by atoms with E-state index in [-0.39, 0.29) is 5.75 Å². The summed E-state index contributed by atoms with van der Waals surface area (Å²) in [5.41, 5.74) is 2.91. The normalized spacial score (nSPS) is 11.3. The number of phenolic OH excluding ortho intramolecular Hbond substituents is 1. The number of nitrogens with one attached hydrogen (secondary N) is 1. The van der Waals surface area contributed by atoms with Crippen LogP contribution in [0, 0.1) is 0 Å². The van der Waals surface area contributed by atoms with Crippen molar-refractivity contribution in [2.24, 2.45) is 0 Å². The predicted octanol–water partition coefficient (Wildman–Crippen LogP) is 3.44. The van der Waals surface area contributed by atoms with Crippen LogP contribution in [-0.4, -0.2) is 15.1 Å². The molecular weight excluding hydrogens is 224 g/mol. The predicted molar refractivity (Wildman–Crippen MR) is 73.1 cm³/mol. The summed E-state index contributed by atoms with van der Waals surface area (Å²) in [5.74, 6) is 1.07. The summed E-state index contributed by atoms with van der Waals surface area (Å²) >= 11 is 0. The lowest BCUT2D eigenvalue weighted by Crippen LogP contribution is -1.74. The number of fused-ring (bicyclic) bond motifs is 1. The zero-order valence-electron chi connectivity index (χ0n) is 9.67. The number of benzene rings is 2. The molecule has 3 nitrogen and oxygen atoms in total. The molecule has 3 heteroatoms. The van der Waals surface area contributed by atoms with E-state index in [2.05, 4.69) is 9.97 Å². The molecule has 0 aliphatic heterocycles. The zero-order valence-corrected chi connectivity index (χ0v) is 9.67. The second-order valence-corrected chi connectivity index (χ2v) is 4.07. The largest absolute Gasteiger partial charge is 0.508 e. The Kier molecular flexibility index (Phi) is 2.57. The smallest absolute Gasteiger partial charge is 0.131 e. The number of rotatable bonds is 2. The SMILES string of the molecule is Oc1cccc(C=Cc2nc3ccccc3[nH]2)c1. The van der Waals surface area contributed by atoms with E-state index in [0.29, 0.717) is 0 Å². The summed E-state index contributed by atoms with van der Waals surface area (Å²) < 4.78 is 0. The van der Waals surface area contributed by atoms with Crippen molar-refractivity contribution in [1.82, 2.24) is 9.97 Å². The van der Waals surface area contributed by atoms with E-state index in [1.807, 2.05) is 48.6 Å². The lowest BCUT2D eigenvalue weighted by atomic mass is 10.2. The maximum absolute atomic E-state index is 9.37. The molecule has 18 heavy (non-hydrogen) atoms. The Labute approximate surface area is 104 Å². The van der Waals surface area contributed by atoms with Crippen molar-refractivity contribution in [1.29, 1.82) is 0 Å². The van der Waals surface area contributed by atoms with Gasteiger partial charge in [-0.1, -0.05) is 30.3 Å². The molecule has 0 spiro atoms. The Morgan fingerprint density at radius 1 is 1.00 bits per heavy atom. The molecule has 0 bridgehead atoms. The molecule has 0 aliphatic carbocycles. The van der Waals surface area contributed by atoms with Crippen molar-refractivity contribution in [3.05, 3.63) is 59.9 Å². The standard InChI is InChI=1S/C15H12N2O/c18-12-5-3-4-11(10-12)8-9-15-16-13-6-1-2-7-14(13)17-15/h1-10,18H,(H,16,17). The number of aromatic hydroxyl groups is 1. The van der Waals surface area contributed by atoms with E-state index in [0.717, 1.165) is 22.4 Å². The van der Waals surface area contributed by atoms with Gasteiger partial charge < -0.3 is 10.1 Å². The fourth-order valence-electron chi connectivity index (χ4n) is 1.86. The number of imidazole rings is 1. The average Bonchev–Trinajstić information content (AvgIpc) is 2.79. The molecule has 1 heterocycles. The second-order valence-electron chi connectivity index (χ2n) is 4.07. The summed E-state index contributed by atoms with van der Waals surface area (Å²) in [4.78, 5) is 7.67. The Morgan fingerprint density at radius 2 is 1.89 bits per heavy atom. The van der Waals surface area contributed by atoms with Gasteiger partial charge >= 0.3 is 0 Å². The van der Waals surface area contributed by atoms with Gasteiger partial charge in [0.25, 0.3) is 0 Å². The van der Waals surface area contributed by atoms with Crippen LogP contribution in [0.1, 0.15) is 11.4 Å². The minimum atomic E-state index is 0.266. The van der Waals surface area contributed by atoms with Crippen LogP contribution in [0.2, 0.25) is 0 Å². The summed E-state index contributed by atoms with van der Waals surface area (Å²) in [7, 11) is 0. The first-order chi connectivity index (χ1) is 8.81. The van der Waals surface area contributed by atoms with Crippen LogP contribution < -0.4 is 0 Å². The number of aromatic nitrogens is 2. The summed E-state index contributed by atoms with van der Waals surface area (Å²) in [6.45, 7) is 0. The second kappa shape index (κ2) is 4.37. The van der Waals surface area contributed by atoms with Gasteiger partial charge in [0.1, 0.15) is 11.6 Å². The first-order valence-electron chi connectivity index (χ1n) is 5.73. The summed E-state index contributed by atoms with van der Waals surface area (Å²) in [5, 5.41) is 9.37. The van der Waals surface area contributed by atoms with E-state index in [4.69, 9.17) is 0 Å². The molecular formula is C15H12N2O. The minimum absolute atomic E-state index is 0.266. The van der Waals surface area contributed by atoms with E-state index in [1.165, 1.54) is 0 Å². The van der Waals surface area contributed by atoms with Crippen LogP contribution in [0.4, 0.5) is 0 Å². The molecule has 1 aromatic heterocycles. The van der Waals surface area contributed by atoms with Crippen molar-refractivity contribution in [2.75, 3.05) is 0 Å². The third-order valence-electron chi connectivity index (χ3n) is 2.71. The van der Waals surface area contributed by atoms with Gasteiger partial charge in [-0.25, -0.2) is 4.98 Å². The van der Waals surface area contributed by atoms with Crippen LogP contribution in [0.15, 0.2) is 48.5 Å².